The van der Waals surface area contributed by atoms with E-state index < -0.39 is 25.5 Å². The van der Waals surface area contributed by atoms with E-state index in [0.717, 1.165) is 33.8 Å². The topological polar surface area (TPSA) is 125 Å². The summed E-state index contributed by atoms with van der Waals surface area (Å²) in [5, 5.41) is 19.4. The molecule has 2 aromatic rings. The van der Waals surface area contributed by atoms with Gasteiger partial charge in [-0.3, -0.25) is 10.1 Å². The number of nitro benzene ring substituents is 1. The molecule has 0 aliphatic carbocycles. The number of ether oxygens (including phenoxy) is 1. The van der Waals surface area contributed by atoms with Crippen LogP contribution in [0.4, 0.5) is 11.4 Å². The van der Waals surface area contributed by atoms with Crippen molar-refractivity contribution in [1.29, 1.82) is 0 Å². The van der Waals surface area contributed by atoms with Gasteiger partial charge < -0.3 is 10.1 Å². The number of hydrogen-bond acceptors (Lipinski definition) is 6. The van der Waals surface area contributed by atoms with Gasteiger partial charge in [0.1, 0.15) is 11.4 Å². The second-order valence-electron chi connectivity index (χ2n) is 5.46. The Balaban J connectivity index is 1.97. The number of nitro groups is 1. The number of fused-ring (bicyclic) bond motifs is 1. The number of benzene rings is 2. The highest BCUT2D eigenvalue weighted by molar-refractivity contribution is 9.10. The van der Waals surface area contributed by atoms with Gasteiger partial charge in [-0.15, -0.1) is 0 Å². The lowest BCUT2D eigenvalue weighted by Crippen LogP contribution is -2.15. The number of para-hydroxylation sites is 1. The van der Waals surface area contributed by atoms with Crippen molar-refractivity contribution in [3.05, 3.63) is 56.0 Å². The Morgan fingerprint density at radius 1 is 1.36 bits per heavy atom. The number of nitrogens with two attached hydrogens (primary N) is 1. The van der Waals surface area contributed by atoms with Gasteiger partial charge >= 0.3 is 5.69 Å². The van der Waals surface area contributed by atoms with Crippen molar-refractivity contribution >= 4 is 37.3 Å². The summed E-state index contributed by atoms with van der Waals surface area (Å²) in [6.07, 6.45) is 0.794. The van der Waals surface area contributed by atoms with Crippen molar-refractivity contribution in [1.82, 2.24) is 0 Å². The van der Waals surface area contributed by atoms with Crippen molar-refractivity contribution in [2.75, 3.05) is 11.9 Å². The molecule has 2 aromatic carbocycles. The van der Waals surface area contributed by atoms with Crippen LogP contribution in [0.25, 0.3) is 0 Å². The van der Waals surface area contributed by atoms with Crippen molar-refractivity contribution in [2.45, 2.75) is 17.9 Å². The van der Waals surface area contributed by atoms with Crippen LogP contribution in [0.5, 0.6) is 5.75 Å². The fourth-order valence-electron chi connectivity index (χ4n) is 2.75. The van der Waals surface area contributed by atoms with Gasteiger partial charge in [-0.1, -0.05) is 22.0 Å². The van der Waals surface area contributed by atoms with Crippen molar-refractivity contribution in [2.24, 2.45) is 5.14 Å². The third-order valence-electron chi connectivity index (χ3n) is 3.78. The summed E-state index contributed by atoms with van der Waals surface area (Å²) in [4.78, 5) is 10.1. The lowest BCUT2D eigenvalue weighted by molar-refractivity contribution is -0.386. The minimum absolute atomic E-state index is 0.0725. The predicted molar refractivity (Wildman–Crippen MR) is 95.1 cm³/mol. The first-order chi connectivity index (χ1) is 11.8. The molecule has 1 aliphatic heterocycles. The molecule has 0 fully saturated rings. The Morgan fingerprint density at radius 3 is 2.80 bits per heavy atom. The maximum atomic E-state index is 11.6. The Bertz CT molecular complexity index is 962. The monoisotopic (exact) mass is 427 g/mol. The first-order valence-electron chi connectivity index (χ1n) is 7.25. The van der Waals surface area contributed by atoms with E-state index in [9.17, 15) is 18.5 Å². The SMILES string of the molecule is NS(=O)(=O)c1cccc(NCc2cc(Br)cc3c2OCC3)c1[N+](=O)[O-]. The fraction of sp³-hybridized carbons (Fsp3) is 0.200. The minimum atomic E-state index is -4.21. The standard InChI is InChI=1S/C15H14BrN3O5S/c16-11-6-9-4-5-24-15(9)10(7-11)8-18-12-2-1-3-13(25(17,22)23)14(12)19(20)21/h1-3,6-7,18H,4-5,8H2,(H2,17,22,23). The van der Waals surface area contributed by atoms with E-state index in [1.165, 1.54) is 12.1 Å². The molecule has 0 radical (unpaired) electrons. The van der Waals surface area contributed by atoms with E-state index in [-0.39, 0.29) is 12.2 Å². The lowest BCUT2D eigenvalue weighted by atomic mass is 10.1. The normalized spacial score (nSPS) is 13.2. The Hall–Kier alpha value is -2.17. The van der Waals surface area contributed by atoms with Gasteiger partial charge in [0, 0.05) is 23.0 Å². The third-order valence-corrected chi connectivity index (χ3v) is 5.18. The summed E-state index contributed by atoms with van der Waals surface area (Å²) in [5.74, 6) is 0.751. The van der Waals surface area contributed by atoms with E-state index in [1.807, 2.05) is 12.1 Å². The predicted octanol–water partition coefficient (Wildman–Crippen LogP) is 2.55. The van der Waals surface area contributed by atoms with Crippen molar-refractivity contribution in [3.8, 4) is 5.75 Å². The smallest absolute Gasteiger partial charge is 0.312 e. The number of sulfonamides is 1. The number of hydrogen-bond donors (Lipinski definition) is 2. The van der Waals surface area contributed by atoms with Gasteiger partial charge in [0.2, 0.25) is 10.0 Å². The molecule has 1 heterocycles. The second-order valence-corrected chi connectivity index (χ2v) is 7.91. The average molecular weight is 428 g/mol. The van der Waals surface area contributed by atoms with Gasteiger partial charge in [-0.05, 0) is 29.8 Å². The largest absolute Gasteiger partial charge is 0.493 e. The molecule has 132 valence electrons. The molecular weight excluding hydrogens is 414 g/mol. The van der Waals surface area contributed by atoms with Crippen LogP contribution in [0, 0.1) is 10.1 Å². The molecule has 0 amide bonds. The molecule has 0 unspecified atom stereocenters. The van der Waals surface area contributed by atoms with E-state index in [4.69, 9.17) is 9.88 Å². The van der Waals surface area contributed by atoms with Crippen LogP contribution in [0.2, 0.25) is 0 Å². The van der Waals surface area contributed by atoms with E-state index in [1.54, 1.807) is 0 Å². The molecule has 0 bridgehead atoms. The van der Waals surface area contributed by atoms with Crippen LogP contribution in [-0.4, -0.2) is 19.9 Å². The van der Waals surface area contributed by atoms with Crippen LogP contribution >= 0.6 is 15.9 Å². The zero-order valence-electron chi connectivity index (χ0n) is 12.9. The van der Waals surface area contributed by atoms with E-state index in [0.29, 0.717) is 6.61 Å². The maximum absolute atomic E-state index is 11.6. The summed E-state index contributed by atoms with van der Waals surface area (Å²) >= 11 is 3.43. The quantitative estimate of drug-likeness (QED) is 0.557. The first-order valence-corrected chi connectivity index (χ1v) is 9.59. The van der Waals surface area contributed by atoms with Gasteiger partial charge in [0.05, 0.1) is 11.5 Å². The number of rotatable bonds is 5. The number of anilines is 1. The maximum Gasteiger partial charge on any atom is 0.312 e. The van der Waals surface area contributed by atoms with Gasteiger partial charge in [0.25, 0.3) is 0 Å². The van der Waals surface area contributed by atoms with E-state index >= 15 is 0 Å². The summed E-state index contributed by atoms with van der Waals surface area (Å²) in [6.45, 7) is 0.816. The average Bonchev–Trinajstić information content (AvgIpc) is 2.99. The highest BCUT2D eigenvalue weighted by Crippen LogP contribution is 2.35. The molecule has 8 nitrogen and oxygen atoms in total. The number of nitrogens with one attached hydrogen (secondary N) is 1. The summed E-state index contributed by atoms with van der Waals surface area (Å²) in [5.41, 5.74) is 1.37. The van der Waals surface area contributed by atoms with Crippen molar-refractivity contribution < 1.29 is 18.1 Å². The molecule has 3 rings (SSSR count). The first kappa shape index (κ1) is 17.6. The highest BCUT2D eigenvalue weighted by atomic mass is 79.9. The molecule has 0 saturated carbocycles. The zero-order valence-corrected chi connectivity index (χ0v) is 15.3. The second kappa shape index (κ2) is 6.62. The number of primary sulfonamides is 1. The molecule has 0 spiro atoms. The minimum Gasteiger partial charge on any atom is -0.493 e. The summed E-state index contributed by atoms with van der Waals surface area (Å²) in [6, 6.07) is 7.77. The Kier molecular flexibility index (Phi) is 4.67. The van der Waals surface area contributed by atoms with Crippen LogP contribution in [0.15, 0.2) is 39.7 Å². The van der Waals surface area contributed by atoms with Crippen LogP contribution in [0.3, 0.4) is 0 Å². The fourth-order valence-corrected chi connectivity index (χ4v) is 4.03. The third kappa shape index (κ3) is 3.60. The van der Waals surface area contributed by atoms with Crippen molar-refractivity contribution in [3.63, 3.8) is 0 Å². The summed E-state index contributed by atoms with van der Waals surface area (Å²) in [7, 11) is -4.21. The molecule has 3 N–H and O–H groups in total. The lowest BCUT2D eigenvalue weighted by Gasteiger charge is -2.12. The molecule has 10 heteroatoms. The van der Waals surface area contributed by atoms with Crippen LogP contribution < -0.4 is 15.2 Å². The number of halogens is 1. The molecule has 25 heavy (non-hydrogen) atoms. The zero-order chi connectivity index (χ0) is 18.2. The van der Waals surface area contributed by atoms with Crippen LogP contribution in [0.1, 0.15) is 11.1 Å². The molecule has 0 atom stereocenters. The van der Waals surface area contributed by atoms with E-state index in [2.05, 4.69) is 21.2 Å². The molecule has 0 saturated heterocycles. The van der Waals surface area contributed by atoms with Gasteiger partial charge in [-0.25, -0.2) is 13.6 Å². The molecule has 0 aromatic heterocycles. The molecule has 1 aliphatic rings. The Labute approximate surface area is 152 Å². The van der Waals surface area contributed by atoms with Gasteiger partial charge in [0.15, 0.2) is 4.90 Å². The van der Waals surface area contributed by atoms with Gasteiger partial charge in [-0.2, -0.15) is 0 Å². The number of nitrogens with zero attached hydrogens (tertiary/aromatic N) is 1. The molecular formula is C15H14BrN3O5S. The van der Waals surface area contributed by atoms with Crippen LogP contribution in [-0.2, 0) is 23.0 Å². The Morgan fingerprint density at radius 2 is 2.12 bits per heavy atom. The summed E-state index contributed by atoms with van der Waals surface area (Å²) < 4.78 is 29.7. The highest BCUT2D eigenvalue weighted by Gasteiger charge is 2.27.